The summed E-state index contributed by atoms with van der Waals surface area (Å²) in [6, 6.07) is 17.3. The summed E-state index contributed by atoms with van der Waals surface area (Å²) in [6.45, 7) is 11.9. The topological polar surface area (TPSA) is 81.2 Å². The van der Waals surface area contributed by atoms with Crippen molar-refractivity contribution in [2.24, 2.45) is 0 Å². The zero-order valence-corrected chi connectivity index (χ0v) is 18.3. The van der Waals surface area contributed by atoms with Crippen LogP contribution in [0.4, 0.5) is 5.95 Å². The molecule has 30 heavy (non-hydrogen) atoms. The number of aromatic nitrogens is 2. The molecule has 3 rings (SSSR count). The van der Waals surface area contributed by atoms with Gasteiger partial charge in [-0.05, 0) is 36.8 Å². The minimum Gasteiger partial charge on any atom is -0.438 e. The maximum atomic E-state index is 12.8. The Morgan fingerprint density at radius 3 is 2.07 bits per heavy atom. The number of hydrogen-bond acceptors (Lipinski definition) is 5. The van der Waals surface area contributed by atoms with E-state index >= 15 is 0 Å². The van der Waals surface area contributed by atoms with Gasteiger partial charge in [0.25, 0.3) is 10.0 Å². The van der Waals surface area contributed by atoms with Crippen molar-refractivity contribution in [3.8, 4) is 11.6 Å². The van der Waals surface area contributed by atoms with E-state index in [4.69, 9.17) is 4.74 Å². The summed E-state index contributed by atoms with van der Waals surface area (Å²) in [6.07, 6.45) is 0. The number of nitrogens with zero attached hydrogens (tertiary/aromatic N) is 2. The Morgan fingerprint density at radius 2 is 1.53 bits per heavy atom. The second-order valence-corrected chi connectivity index (χ2v) is 9.62. The first-order valence-electron chi connectivity index (χ1n) is 9.47. The third-order valence-corrected chi connectivity index (χ3v) is 5.59. The number of para-hydroxylation sites is 1. The Bertz CT molecular complexity index is 1150. The molecule has 0 aliphatic carbocycles. The summed E-state index contributed by atoms with van der Waals surface area (Å²) >= 11 is 0. The highest BCUT2D eigenvalue weighted by molar-refractivity contribution is 7.92. The highest BCUT2D eigenvalue weighted by atomic mass is 32.2. The molecule has 6 nitrogen and oxygen atoms in total. The van der Waals surface area contributed by atoms with Crippen LogP contribution < -0.4 is 9.46 Å². The summed E-state index contributed by atoms with van der Waals surface area (Å²) in [4.78, 5) is 9.05. The lowest BCUT2D eigenvalue weighted by atomic mass is 9.87. The molecule has 7 heteroatoms. The zero-order valence-electron chi connectivity index (χ0n) is 17.5. The number of benzene rings is 2. The Morgan fingerprint density at radius 1 is 0.967 bits per heavy atom. The molecule has 1 N–H and O–H groups in total. The van der Waals surface area contributed by atoms with Crippen LogP contribution in [-0.4, -0.2) is 18.4 Å². The second kappa shape index (κ2) is 8.28. The molecule has 156 valence electrons. The molecule has 0 bridgehead atoms. The maximum absolute atomic E-state index is 12.8. The fraction of sp³-hybridized carbons (Fsp3) is 0.217. The number of allylic oxidation sites excluding steroid dienone is 1. The predicted octanol–water partition coefficient (Wildman–Crippen LogP) is 5.40. The van der Waals surface area contributed by atoms with Crippen LogP contribution in [0.2, 0.25) is 0 Å². The maximum Gasteiger partial charge on any atom is 0.264 e. The van der Waals surface area contributed by atoms with Crippen molar-refractivity contribution in [1.29, 1.82) is 0 Å². The average Bonchev–Trinajstić information content (AvgIpc) is 2.68. The lowest BCUT2D eigenvalue weighted by Crippen LogP contribution is -2.21. The van der Waals surface area contributed by atoms with Gasteiger partial charge in [-0.1, -0.05) is 63.7 Å². The number of rotatable bonds is 6. The van der Waals surface area contributed by atoms with Crippen molar-refractivity contribution in [3.05, 3.63) is 78.5 Å². The molecule has 0 radical (unpaired) electrons. The van der Waals surface area contributed by atoms with Gasteiger partial charge >= 0.3 is 0 Å². The van der Waals surface area contributed by atoms with Crippen LogP contribution in [-0.2, 0) is 15.4 Å². The van der Waals surface area contributed by atoms with E-state index in [9.17, 15) is 8.42 Å². The van der Waals surface area contributed by atoms with Crippen molar-refractivity contribution in [1.82, 2.24) is 9.97 Å². The molecule has 2 aromatic carbocycles. The summed E-state index contributed by atoms with van der Waals surface area (Å²) < 4.78 is 34.1. The Balaban J connectivity index is 2.14. The number of ether oxygens (including phenoxy) is 1. The van der Waals surface area contributed by atoms with E-state index in [1.54, 1.807) is 30.3 Å². The van der Waals surface area contributed by atoms with E-state index in [1.807, 2.05) is 45.9 Å². The Labute approximate surface area is 177 Å². The lowest BCUT2D eigenvalue weighted by Gasteiger charge is -2.24. The largest absolute Gasteiger partial charge is 0.438 e. The van der Waals surface area contributed by atoms with Gasteiger partial charge in [-0.2, -0.15) is 4.98 Å². The Kier molecular flexibility index (Phi) is 5.94. The first-order chi connectivity index (χ1) is 14.1. The van der Waals surface area contributed by atoms with E-state index in [1.165, 1.54) is 12.1 Å². The summed E-state index contributed by atoms with van der Waals surface area (Å²) in [5.74, 6) is 0.773. The van der Waals surface area contributed by atoms with Gasteiger partial charge < -0.3 is 4.74 Å². The molecule has 1 aromatic heterocycles. The van der Waals surface area contributed by atoms with Gasteiger partial charge in [-0.3, -0.25) is 0 Å². The van der Waals surface area contributed by atoms with Gasteiger partial charge in [0.05, 0.1) is 16.2 Å². The zero-order chi connectivity index (χ0) is 21.9. The van der Waals surface area contributed by atoms with Crippen LogP contribution in [0.25, 0.3) is 5.57 Å². The fourth-order valence-electron chi connectivity index (χ4n) is 2.87. The van der Waals surface area contributed by atoms with Crippen LogP contribution in [0.1, 0.15) is 39.0 Å². The fourth-order valence-corrected chi connectivity index (χ4v) is 3.83. The first-order valence-corrected chi connectivity index (χ1v) is 11.0. The Hall–Kier alpha value is -3.19. The lowest BCUT2D eigenvalue weighted by molar-refractivity contribution is 0.454. The van der Waals surface area contributed by atoms with E-state index in [0.717, 1.165) is 5.57 Å². The standard InChI is InChI=1S/C23H25N3O3S/c1-16(2)19-20(23(3,4)5)24-22(25-21(19)29-17-12-8-6-9-13-17)26-30(27,28)18-14-10-7-11-15-18/h6-15H,1H2,2-5H3,(H,24,25,26). The second-order valence-electron chi connectivity index (χ2n) is 7.94. The smallest absolute Gasteiger partial charge is 0.264 e. The normalized spacial score (nSPS) is 11.7. The molecule has 0 saturated heterocycles. The van der Waals surface area contributed by atoms with E-state index < -0.39 is 15.4 Å². The van der Waals surface area contributed by atoms with Crippen molar-refractivity contribution in [3.63, 3.8) is 0 Å². The summed E-state index contributed by atoms with van der Waals surface area (Å²) in [7, 11) is -3.85. The summed E-state index contributed by atoms with van der Waals surface area (Å²) in [5.41, 5.74) is 1.62. The van der Waals surface area contributed by atoms with Crippen LogP contribution in [0.5, 0.6) is 11.6 Å². The minimum absolute atomic E-state index is 0.0558. The molecule has 0 unspecified atom stereocenters. The molecule has 0 aliphatic heterocycles. The van der Waals surface area contributed by atoms with Gasteiger partial charge in [-0.25, -0.2) is 18.1 Å². The van der Waals surface area contributed by atoms with Crippen molar-refractivity contribution < 1.29 is 13.2 Å². The van der Waals surface area contributed by atoms with Gasteiger partial charge in [0.15, 0.2) is 0 Å². The molecular formula is C23H25N3O3S. The number of hydrogen-bond donors (Lipinski definition) is 1. The van der Waals surface area contributed by atoms with Crippen LogP contribution >= 0.6 is 0 Å². The minimum atomic E-state index is -3.85. The quantitative estimate of drug-likeness (QED) is 0.574. The van der Waals surface area contributed by atoms with Gasteiger partial charge in [0.2, 0.25) is 11.8 Å². The molecule has 0 spiro atoms. The molecule has 0 saturated carbocycles. The van der Waals surface area contributed by atoms with Gasteiger partial charge in [0.1, 0.15) is 5.75 Å². The SMILES string of the molecule is C=C(C)c1c(Oc2ccccc2)nc(NS(=O)(=O)c2ccccc2)nc1C(C)(C)C. The van der Waals surface area contributed by atoms with E-state index in [0.29, 0.717) is 17.0 Å². The van der Waals surface area contributed by atoms with E-state index in [-0.39, 0.29) is 16.7 Å². The molecule has 3 aromatic rings. The number of anilines is 1. The molecule has 0 amide bonds. The highest BCUT2D eigenvalue weighted by Crippen LogP contribution is 2.36. The predicted molar refractivity (Wildman–Crippen MR) is 119 cm³/mol. The van der Waals surface area contributed by atoms with Crippen molar-refractivity contribution >= 4 is 21.5 Å². The third-order valence-electron chi connectivity index (χ3n) is 4.25. The molecular weight excluding hydrogens is 398 g/mol. The third kappa shape index (κ3) is 4.86. The monoisotopic (exact) mass is 423 g/mol. The average molecular weight is 424 g/mol. The number of sulfonamides is 1. The van der Waals surface area contributed by atoms with Crippen molar-refractivity contribution in [2.45, 2.75) is 38.0 Å². The van der Waals surface area contributed by atoms with Crippen LogP contribution in [0.15, 0.2) is 72.1 Å². The van der Waals surface area contributed by atoms with Crippen molar-refractivity contribution in [2.75, 3.05) is 4.72 Å². The number of nitrogens with one attached hydrogen (secondary N) is 1. The van der Waals surface area contributed by atoms with Crippen LogP contribution in [0.3, 0.4) is 0 Å². The first kappa shape index (κ1) is 21.5. The highest BCUT2D eigenvalue weighted by Gasteiger charge is 2.27. The summed E-state index contributed by atoms with van der Waals surface area (Å²) in [5, 5.41) is 0. The molecule has 0 atom stereocenters. The van der Waals surface area contributed by atoms with Gasteiger partial charge in [0, 0.05) is 5.41 Å². The van der Waals surface area contributed by atoms with Crippen LogP contribution in [0, 0.1) is 0 Å². The molecule has 0 aliphatic rings. The van der Waals surface area contributed by atoms with Gasteiger partial charge in [-0.15, -0.1) is 0 Å². The van der Waals surface area contributed by atoms with E-state index in [2.05, 4.69) is 21.3 Å². The molecule has 1 heterocycles. The molecule has 0 fully saturated rings.